The fourth-order valence-electron chi connectivity index (χ4n) is 2.65. The van der Waals surface area contributed by atoms with Gasteiger partial charge in [0.05, 0.1) is 0 Å². The summed E-state index contributed by atoms with van der Waals surface area (Å²) in [5, 5.41) is 2.96. The predicted molar refractivity (Wildman–Crippen MR) is 101 cm³/mol. The monoisotopic (exact) mass is 345 g/mol. The molecule has 0 radical (unpaired) electrons. The molecule has 0 aliphatic rings. The molecule has 0 aromatic heterocycles. The van der Waals surface area contributed by atoms with E-state index in [0.29, 0.717) is 11.3 Å². The number of carbonyl (C=O) groups is 2. The first-order valence-electron chi connectivity index (χ1n) is 8.33. The molecule has 1 amide bonds. The van der Waals surface area contributed by atoms with Crippen molar-refractivity contribution < 1.29 is 14.3 Å². The number of ether oxygens (including phenoxy) is 1. The normalized spacial score (nSPS) is 10.2. The Labute approximate surface area is 152 Å². The van der Waals surface area contributed by atoms with Gasteiger partial charge in [-0.05, 0) is 47.9 Å². The molecular formula is C22H19NO3. The van der Waals surface area contributed by atoms with Crippen LogP contribution < -0.4 is 10.1 Å². The van der Waals surface area contributed by atoms with Gasteiger partial charge in [0.2, 0.25) is 0 Å². The van der Waals surface area contributed by atoms with Gasteiger partial charge < -0.3 is 10.1 Å². The zero-order valence-corrected chi connectivity index (χ0v) is 14.4. The Bertz CT molecular complexity index is 902. The van der Waals surface area contributed by atoms with Crippen molar-refractivity contribution in [3.05, 3.63) is 95.6 Å². The van der Waals surface area contributed by atoms with E-state index in [4.69, 9.17) is 4.74 Å². The molecule has 1 N–H and O–H groups in total. The lowest BCUT2D eigenvalue weighted by molar-refractivity contribution is -0.131. The van der Waals surface area contributed by atoms with Crippen LogP contribution in [0.2, 0.25) is 0 Å². The number of hydrogen-bond donors (Lipinski definition) is 1. The van der Waals surface area contributed by atoms with E-state index in [1.165, 1.54) is 12.5 Å². The van der Waals surface area contributed by atoms with Crippen LogP contribution in [0.1, 0.15) is 28.4 Å². The van der Waals surface area contributed by atoms with Gasteiger partial charge in [-0.25, -0.2) is 0 Å². The number of nitrogens with one attached hydrogen (secondary N) is 1. The van der Waals surface area contributed by atoms with Gasteiger partial charge in [-0.3, -0.25) is 9.59 Å². The molecule has 0 saturated heterocycles. The van der Waals surface area contributed by atoms with Gasteiger partial charge >= 0.3 is 5.97 Å². The first-order chi connectivity index (χ1) is 12.6. The Balaban J connectivity index is 1.74. The first-order valence-corrected chi connectivity index (χ1v) is 8.33. The van der Waals surface area contributed by atoms with Gasteiger partial charge in [-0.1, -0.05) is 48.5 Å². The summed E-state index contributed by atoms with van der Waals surface area (Å²) in [6, 6.07) is 24.3. The molecule has 0 aliphatic carbocycles. The molecule has 4 nitrogen and oxygen atoms in total. The third kappa shape index (κ3) is 4.57. The molecule has 0 aliphatic heterocycles. The molecule has 3 aromatic carbocycles. The highest BCUT2D eigenvalue weighted by atomic mass is 16.5. The zero-order valence-electron chi connectivity index (χ0n) is 14.4. The average Bonchev–Trinajstić information content (AvgIpc) is 2.64. The quantitative estimate of drug-likeness (QED) is 0.549. The minimum absolute atomic E-state index is 0.208. The maximum absolute atomic E-state index is 12.5. The molecule has 0 atom stereocenters. The van der Waals surface area contributed by atoms with Crippen LogP contribution in [0.4, 0.5) is 5.69 Å². The Morgan fingerprint density at radius 2 is 1.50 bits per heavy atom. The van der Waals surface area contributed by atoms with Gasteiger partial charge in [0.15, 0.2) is 0 Å². The lowest BCUT2D eigenvalue weighted by Crippen LogP contribution is -2.13. The summed E-state index contributed by atoms with van der Waals surface area (Å²) in [7, 11) is 0. The highest BCUT2D eigenvalue weighted by Gasteiger charge is 2.10. The molecule has 0 fully saturated rings. The number of amides is 1. The molecular weight excluding hydrogens is 326 g/mol. The highest BCUT2D eigenvalue weighted by molar-refractivity contribution is 6.04. The summed E-state index contributed by atoms with van der Waals surface area (Å²) in [5.41, 5.74) is 3.50. The van der Waals surface area contributed by atoms with Gasteiger partial charge in [0, 0.05) is 18.2 Å². The van der Waals surface area contributed by atoms with Crippen LogP contribution in [0.5, 0.6) is 5.75 Å². The van der Waals surface area contributed by atoms with Crippen LogP contribution in [0.25, 0.3) is 0 Å². The number of anilines is 1. The third-order valence-electron chi connectivity index (χ3n) is 3.88. The van der Waals surface area contributed by atoms with Crippen molar-refractivity contribution >= 4 is 17.6 Å². The van der Waals surface area contributed by atoms with Crippen LogP contribution in [-0.2, 0) is 11.2 Å². The lowest BCUT2D eigenvalue weighted by Gasteiger charge is -2.11. The van der Waals surface area contributed by atoms with Crippen LogP contribution in [0, 0.1) is 0 Å². The topological polar surface area (TPSA) is 55.4 Å². The maximum Gasteiger partial charge on any atom is 0.308 e. The second-order valence-electron chi connectivity index (χ2n) is 5.89. The molecule has 0 spiro atoms. The molecule has 0 heterocycles. The highest BCUT2D eigenvalue weighted by Crippen LogP contribution is 2.20. The Morgan fingerprint density at radius 3 is 2.19 bits per heavy atom. The van der Waals surface area contributed by atoms with Crippen LogP contribution in [0.3, 0.4) is 0 Å². The number of benzene rings is 3. The fourth-order valence-corrected chi connectivity index (χ4v) is 2.65. The molecule has 3 rings (SSSR count). The Kier molecular flexibility index (Phi) is 5.44. The SMILES string of the molecule is CC(=O)Oc1ccc(C(=O)Nc2ccccc2Cc2ccccc2)cc1. The van der Waals surface area contributed by atoms with Crippen LogP contribution in [-0.4, -0.2) is 11.9 Å². The fraction of sp³-hybridized carbons (Fsp3) is 0.0909. The van der Waals surface area contributed by atoms with Gasteiger partial charge in [0.1, 0.15) is 5.75 Å². The van der Waals surface area contributed by atoms with Crippen molar-refractivity contribution in [3.8, 4) is 5.75 Å². The van der Waals surface area contributed by atoms with E-state index in [1.807, 2.05) is 42.5 Å². The van der Waals surface area contributed by atoms with Crippen LogP contribution in [0.15, 0.2) is 78.9 Å². The largest absolute Gasteiger partial charge is 0.427 e. The zero-order chi connectivity index (χ0) is 18.4. The summed E-state index contributed by atoms with van der Waals surface area (Å²) < 4.78 is 4.98. The lowest BCUT2D eigenvalue weighted by atomic mass is 10.0. The summed E-state index contributed by atoms with van der Waals surface area (Å²) in [4.78, 5) is 23.5. The number of esters is 1. The third-order valence-corrected chi connectivity index (χ3v) is 3.88. The van der Waals surface area contributed by atoms with Crippen molar-refractivity contribution in [2.75, 3.05) is 5.32 Å². The smallest absolute Gasteiger partial charge is 0.308 e. The van der Waals surface area contributed by atoms with E-state index in [0.717, 1.165) is 17.7 Å². The Morgan fingerprint density at radius 1 is 0.846 bits per heavy atom. The van der Waals surface area contributed by atoms with E-state index >= 15 is 0 Å². The van der Waals surface area contributed by atoms with Crippen LogP contribution >= 0.6 is 0 Å². The van der Waals surface area contributed by atoms with Gasteiger partial charge in [0.25, 0.3) is 5.91 Å². The van der Waals surface area contributed by atoms with E-state index in [9.17, 15) is 9.59 Å². The van der Waals surface area contributed by atoms with E-state index < -0.39 is 5.97 Å². The molecule has 0 bridgehead atoms. The number of carbonyl (C=O) groups excluding carboxylic acids is 2. The molecule has 4 heteroatoms. The van der Waals surface area contributed by atoms with Crippen molar-refractivity contribution in [2.24, 2.45) is 0 Å². The maximum atomic E-state index is 12.5. The Hall–Kier alpha value is -3.40. The van der Waals surface area contributed by atoms with E-state index in [1.54, 1.807) is 24.3 Å². The van der Waals surface area contributed by atoms with E-state index in [-0.39, 0.29) is 5.91 Å². The molecule has 0 saturated carbocycles. The minimum Gasteiger partial charge on any atom is -0.427 e. The van der Waals surface area contributed by atoms with Crippen molar-refractivity contribution in [1.82, 2.24) is 0 Å². The molecule has 130 valence electrons. The van der Waals surface area contributed by atoms with Crippen molar-refractivity contribution in [2.45, 2.75) is 13.3 Å². The average molecular weight is 345 g/mol. The number of para-hydroxylation sites is 1. The minimum atomic E-state index is -0.392. The number of rotatable bonds is 5. The summed E-state index contributed by atoms with van der Waals surface area (Å²) >= 11 is 0. The summed E-state index contributed by atoms with van der Waals surface area (Å²) in [5.74, 6) is -0.185. The molecule has 3 aromatic rings. The standard InChI is InChI=1S/C22H19NO3/c1-16(24)26-20-13-11-18(12-14-20)22(25)23-21-10-6-5-9-19(21)15-17-7-3-2-4-8-17/h2-14H,15H2,1H3,(H,23,25). The second-order valence-corrected chi connectivity index (χ2v) is 5.89. The van der Waals surface area contributed by atoms with Crippen molar-refractivity contribution in [1.29, 1.82) is 0 Å². The van der Waals surface area contributed by atoms with Gasteiger partial charge in [-0.15, -0.1) is 0 Å². The van der Waals surface area contributed by atoms with Gasteiger partial charge in [-0.2, -0.15) is 0 Å². The summed E-state index contributed by atoms with van der Waals surface area (Å²) in [6.07, 6.45) is 0.739. The molecule has 26 heavy (non-hydrogen) atoms. The molecule has 0 unspecified atom stereocenters. The van der Waals surface area contributed by atoms with E-state index in [2.05, 4.69) is 17.4 Å². The second kappa shape index (κ2) is 8.12. The predicted octanol–water partition coefficient (Wildman–Crippen LogP) is 4.46. The first kappa shape index (κ1) is 17.4. The van der Waals surface area contributed by atoms with Crippen molar-refractivity contribution in [3.63, 3.8) is 0 Å². The summed E-state index contributed by atoms with van der Waals surface area (Å²) in [6.45, 7) is 1.34. The number of hydrogen-bond acceptors (Lipinski definition) is 3.